The SMILES string of the molecule is CCCN1CCC(N(C)C(c2cc3ncncc3s2)N2CCOC(Cl)C2)CC1. The van der Waals surface area contributed by atoms with Crippen LogP contribution in [-0.2, 0) is 4.74 Å². The quantitative estimate of drug-likeness (QED) is 0.663. The molecule has 4 rings (SSSR count). The Balaban J connectivity index is 1.57. The van der Waals surface area contributed by atoms with Crippen molar-refractivity contribution in [3.05, 3.63) is 23.5 Å². The molecule has 2 aromatic rings. The number of rotatable bonds is 6. The van der Waals surface area contributed by atoms with Gasteiger partial charge < -0.3 is 9.64 Å². The second-order valence-electron chi connectivity index (χ2n) is 7.81. The minimum Gasteiger partial charge on any atom is -0.360 e. The maximum Gasteiger partial charge on any atom is 0.143 e. The molecule has 0 spiro atoms. The Morgan fingerprint density at radius 3 is 2.89 bits per heavy atom. The summed E-state index contributed by atoms with van der Waals surface area (Å²) >= 11 is 8.16. The van der Waals surface area contributed by atoms with Crippen molar-refractivity contribution in [1.82, 2.24) is 24.7 Å². The molecule has 2 unspecified atom stereocenters. The fourth-order valence-corrected chi connectivity index (χ4v) is 5.93. The Bertz CT molecular complexity index is 733. The Labute approximate surface area is 176 Å². The van der Waals surface area contributed by atoms with E-state index in [4.69, 9.17) is 16.3 Å². The van der Waals surface area contributed by atoms with Crippen molar-refractivity contribution in [3.63, 3.8) is 0 Å². The fraction of sp³-hybridized carbons (Fsp3) is 0.700. The van der Waals surface area contributed by atoms with E-state index in [2.05, 4.69) is 44.7 Å². The van der Waals surface area contributed by atoms with E-state index in [1.807, 2.05) is 6.20 Å². The third-order valence-electron chi connectivity index (χ3n) is 5.93. The number of alkyl halides is 1. The molecular weight excluding hydrogens is 394 g/mol. The summed E-state index contributed by atoms with van der Waals surface area (Å²) in [5, 5.41) is 0. The Hall–Kier alpha value is -0.830. The number of piperidine rings is 1. The highest BCUT2D eigenvalue weighted by Gasteiger charge is 2.34. The zero-order valence-electron chi connectivity index (χ0n) is 16.8. The number of morpholine rings is 1. The van der Waals surface area contributed by atoms with Crippen LogP contribution in [0.1, 0.15) is 37.2 Å². The van der Waals surface area contributed by atoms with Crippen LogP contribution < -0.4 is 0 Å². The van der Waals surface area contributed by atoms with Crippen molar-refractivity contribution in [2.24, 2.45) is 0 Å². The predicted octanol–water partition coefficient (Wildman–Crippen LogP) is 3.39. The number of likely N-dealkylation sites (tertiary alicyclic amines) is 1. The molecule has 2 atom stereocenters. The van der Waals surface area contributed by atoms with Crippen molar-refractivity contribution >= 4 is 33.2 Å². The molecule has 28 heavy (non-hydrogen) atoms. The number of hydrogen-bond acceptors (Lipinski definition) is 7. The summed E-state index contributed by atoms with van der Waals surface area (Å²) in [5.74, 6) is 0. The van der Waals surface area contributed by atoms with E-state index in [9.17, 15) is 0 Å². The highest BCUT2D eigenvalue weighted by atomic mass is 35.5. The zero-order chi connectivity index (χ0) is 19.5. The molecule has 0 radical (unpaired) electrons. The lowest BCUT2D eigenvalue weighted by Crippen LogP contribution is -2.52. The van der Waals surface area contributed by atoms with Crippen molar-refractivity contribution in [3.8, 4) is 0 Å². The van der Waals surface area contributed by atoms with Crippen LogP contribution in [0.15, 0.2) is 18.6 Å². The van der Waals surface area contributed by atoms with Gasteiger partial charge in [-0.25, -0.2) is 9.97 Å². The van der Waals surface area contributed by atoms with Gasteiger partial charge in [0.25, 0.3) is 0 Å². The molecule has 2 saturated heterocycles. The highest BCUT2D eigenvalue weighted by Crippen LogP contribution is 2.36. The smallest absolute Gasteiger partial charge is 0.143 e. The molecule has 6 nitrogen and oxygen atoms in total. The molecule has 2 aliphatic rings. The van der Waals surface area contributed by atoms with Crippen LogP contribution >= 0.6 is 22.9 Å². The van der Waals surface area contributed by atoms with Crippen LogP contribution in [-0.4, -0.2) is 82.7 Å². The maximum atomic E-state index is 6.36. The Kier molecular flexibility index (Phi) is 6.81. The molecule has 0 aromatic carbocycles. The zero-order valence-corrected chi connectivity index (χ0v) is 18.3. The number of nitrogens with zero attached hydrogens (tertiary/aromatic N) is 5. The Morgan fingerprint density at radius 2 is 2.18 bits per heavy atom. The average molecular weight is 424 g/mol. The van der Waals surface area contributed by atoms with Crippen molar-refractivity contribution in [2.75, 3.05) is 46.4 Å². The first-order chi connectivity index (χ1) is 13.7. The molecule has 8 heteroatoms. The van der Waals surface area contributed by atoms with E-state index in [0.29, 0.717) is 12.6 Å². The summed E-state index contributed by atoms with van der Waals surface area (Å²) in [6, 6.07) is 2.80. The first kappa shape index (κ1) is 20.4. The molecule has 0 aliphatic carbocycles. The summed E-state index contributed by atoms with van der Waals surface area (Å²) in [6.45, 7) is 8.17. The largest absolute Gasteiger partial charge is 0.360 e. The molecule has 0 N–H and O–H groups in total. The van der Waals surface area contributed by atoms with Gasteiger partial charge in [0.2, 0.25) is 0 Å². The lowest BCUT2D eigenvalue weighted by Gasteiger charge is -2.45. The van der Waals surface area contributed by atoms with Gasteiger partial charge in [-0.3, -0.25) is 9.80 Å². The first-order valence-corrected chi connectivity index (χ1v) is 11.5. The van der Waals surface area contributed by atoms with Gasteiger partial charge in [0, 0.05) is 30.2 Å². The van der Waals surface area contributed by atoms with Gasteiger partial charge in [0.15, 0.2) is 0 Å². The number of hydrogen-bond donors (Lipinski definition) is 0. The number of thiophene rings is 1. The topological polar surface area (TPSA) is 44.7 Å². The van der Waals surface area contributed by atoms with Crippen molar-refractivity contribution < 1.29 is 4.74 Å². The van der Waals surface area contributed by atoms with Crippen LogP contribution in [0.4, 0.5) is 0 Å². The minimum absolute atomic E-state index is 0.201. The molecule has 154 valence electrons. The van der Waals surface area contributed by atoms with Crippen molar-refractivity contribution in [1.29, 1.82) is 0 Å². The summed E-state index contributed by atoms with van der Waals surface area (Å²) in [7, 11) is 2.28. The standard InChI is InChI=1S/C20H30ClN5OS/c1-3-6-25-7-4-15(5-8-25)24(2)20(26-9-10-27-19(21)13-26)17-11-16-18(28-17)12-22-14-23-16/h11-12,14-15,19-20H,3-10,13H2,1-2H3. The summed E-state index contributed by atoms with van der Waals surface area (Å²) < 4.78 is 6.74. The van der Waals surface area contributed by atoms with Crippen LogP contribution in [0.3, 0.4) is 0 Å². The van der Waals surface area contributed by atoms with Gasteiger partial charge in [-0.15, -0.1) is 11.3 Å². The normalized spacial score (nSPS) is 24.2. The van der Waals surface area contributed by atoms with E-state index in [0.717, 1.165) is 23.3 Å². The first-order valence-electron chi connectivity index (χ1n) is 10.3. The van der Waals surface area contributed by atoms with Gasteiger partial charge in [-0.05, 0) is 52.0 Å². The van der Waals surface area contributed by atoms with Crippen LogP contribution in [0.2, 0.25) is 0 Å². The summed E-state index contributed by atoms with van der Waals surface area (Å²) in [5.41, 5.74) is 0.784. The van der Waals surface area contributed by atoms with Crippen molar-refractivity contribution in [2.45, 2.75) is 44.0 Å². The van der Waals surface area contributed by atoms with Gasteiger partial charge in [-0.2, -0.15) is 0 Å². The van der Waals surface area contributed by atoms with Gasteiger partial charge in [-0.1, -0.05) is 18.5 Å². The molecule has 0 bridgehead atoms. The number of ether oxygens (including phenoxy) is 1. The minimum atomic E-state index is -0.245. The van der Waals surface area contributed by atoms with E-state index >= 15 is 0 Å². The van der Waals surface area contributed by atoms with Gasteiger partial charge in [0.05, 0.1) is 23.0 Å². The fourth-order valence-electron chi connectivity index (χ4n) is 4.48. The molecule has 0 saturated carbocycles. The van der Waals surface area contributed by atoms with Crippen LogP contribution in [0.25, 0.3) is 10.2 Å². The van der Waals surface area contributed by atoms with Gasteiger partial charge >= 0.3 is 0 Å². The van der Waals surface area contributed by atoms with Gasteiger partial charge in [0.1, 0.15) is 11.9 Å². The third-order valence-corrected chi connectivity index (χ3v) is 7.29. The van der Waals surface area contributed by atoms with Crippen LogP contribution in [0.5, 0.6) is 0 Å². The van der Waals surface area contributed by atoms with E-state index < -0.39 is 0 Å². The molecule has 2 aliphatic heterocycles. The lowest BCUT2D eigenvalue weighted by atomic mass is 10.0. The molecule has 4 heterocycles. The van der Waals surface area contributed by atoms with E-state index in [-0.39, 0.29) is 11.7 Å². The highest BCUT2D eigenvalue weighted by molar-refractivity contribution is 7.19. The Morgan fingerprint density at radius 1 is 1.36 bits per heavy atom. The molecule has 2 fully saturated rings. The van der Waals surface area contributed by atoms with E-state index in [1.165, 1.54) is 43.8 Å². The second-order valence-corrected chi connectivity index (χ2v) is 9.41. The monoisotopic (exact) mass is 423 g/mol. The van der Waals surface area contributed by atoms with E-state index in [1.54, 1.807) is 17.7 Å². The number of fused-ring (bicyclic) bond motifs is 1. The summed E-state index contributed by atoms with van der Waals surface area (Å²) in [6.07, 6.45) is 7.41. The summed E-state index contributed by atoms with van der Waals surface area (Å²) in [4.78, 5) is 17.6. The molecule has 2 aromatic heterocycles. The molecular formula is C20H30ClN5OS. The molecule has 0 amide bonds. The predicted molar refractivity (Wildman–Crippen MR) is 115 cm³/mol. The third kappa shape index (κ3) is 4.50. The number of aromatic nitrogens is 2. The maximum absolute atomic E-state index is 6.36. The lowest BCUT2D eigenvalue weighted by molar-refractivity contribution is -0.0580. The second kappa shape index (κ2) is 9.32. The number of halogens is 1. The average Bonchev–Trinajstić information content (AvgIpc) is 3.12. The van der Waals surface area contributed by atoms with Crippen LogP contribution in [0, 0.1) is 0 Å².